The van der Waals surface area contributed by atoms with Crippen molar-refractivity contribution in [2.75, 3.05) is 13.1 Å². The third kappa shape index (κ3) is 2.46. The highest BCUT2D eigenvalue weighted by Gasteiger charge is 2.15. The lowest BCUT2D eigenvalue weighted by Gasteiger charge is -2.13. The molecule has 0 amide bonds. The van der Waals surface area contributed by atoms with Crippen molar-refractivity contribution in [3.63, 3.8) is 0 Å². The highest BCUT2D eigenvalue weighted by Crippen LogP contribution is 2.17. The monoisotopic (exact) mass is 221 g/mol. The Balaban J connectivity index is 2.07. The van der Waals surface area contributed by atoms with E-state index < -0.39 is 11.8 Å². The molecule has 16 heavy (non-hydrogen) atoms. The maximum Gasteiger partial charge on any atom is 0.340 e. The van der Waals surface area contributed by atoms with E-state index in [0.29, 0.717) is 12.1 Å². The van der Waals surface area contributed by atoms with E-state index in [2.05, 4.69) is 5.32 Å². The van der Waals surface area contributed by atoms with Gasteiger partial charge in [-0.25, -0.2) is 9.18 Å². The molecule has 0 radical (unpaired) electrons. The van der Waals surface area contributed by atoms with Crippen molar-refractivity contribution >= 4 is 5.97 Å². The molecular weight excluding hydrogens is 209 g/mol. The quantitative estimate of drug-likeness (QED) is 0.609. The number of rotatable bonds is 2. The van der Waals surface area contributed by atoms with E-state index in [1.807, 2.05) is 6.08 Å². The Morgan fingerprint density at radius 3 is 2.88 bits per heavy atom. The van der Waals surface area contributed by atoms with E-state index >= 15 is 0 Å². The average molecular weight is 221 g/mol. The number of carbonyl (C=O) groups is 1. The number of ether oxygens (including phenoxy) is 1. The average Bonchev–Trinajstić information content (AvgIpc) is 2.33. The van der Waals surface area contributed by atoms with Crippen LogP contribution in [0.25, 0.3) is 0 Å². The molecule has 1 N–H and O–H groups in total. The van der Waals surface area contributed by atoms with E-state index in [9.17, 15) is 9.18 Å². The van der Waals surface area contributed by atoms with Gasteiger partial charge in [0, 0.05) is 12.1 Å². The molecule has 1 heterocycles. The van der Waals surface area contributed by atoms with Crippen LogP contribution >= 0.6 is 0 Å². The van der Waals surface area contributed by atoms with Gasteiger partial charge in [0.1, 0.15) is 0 Å². The molecule has 1 aromatic rings. The molecule has 1 aliphatic rings. The number of esters is 1. The minimum atomic E-state index is -0.528. The Labute approximate surface area is 92.9 Å². The zero-order chi connectivity index (χ0) is 11.4. The van der Waals surface area contributed by atoms with Crippen molar-refractivity contribution in [1.82, 2.24) is 5.32 Å². The van der Waals surface area contributed by atoms with Crippen LogP contribution in [0.5, 0.6) is 5.75 Å². The maximum atomic E-state index is 13.2. The Morgan fingerprint density at radius 2 is 2.19 bits per heavy atom. The van der Waals surface area contributed by atoms with Crippen molar-refractivity contribution in [2.45, 2.75) is 6.42 Å². The number of para-hydroxylation sites is 1. The van der Waals surface area contributed by atoms with Crippen LogP contribution in [-0.4, -0.2) is 19.1 Å². The van der Waals surface area contributed by atoms with E-state index in [1.54, 1.807) is 12.1 Å². The van der Waals surface area contributed by atoms with Crippen LogP contribution in [0.15, 0.2) is 35.9 Å². The number of nitrogens with one attached hydrogen (secondary N) is 1. The van der Waals surface area contributed by atoms with Gasteiger partial charge in [0.2, 0.25) is 0 Å². The Morgan fingerprint density at radius 1 is 1.38 bits per heavy atom. The summed E-state index contributed by atoms with van der Waals surface area (Å²) in [5.74, 6) is -1.04. The molecular formula is C12H12FNO2. The molecule has 0 spiro atoms. The molecule has 1 aromatic carbocycles. The SMILES string of the molecule is O=C(Oc1ccccc1F)C1=CCCNC1. The lowest BCUT2D eigenvalue weighted by Crippen LogP contribution is -2.28. The first-order chi connectivity index (χ1) is 7.77. The number of hydrogen-bond acceptors (Lipinski definition) is 3. The van der Waals surface area contributed by atoms with Gasteiger partial charge in [0.25, 0.3) is 0 Å². The van der Waals surface area contributed by atoms with Gasteiger partial charge in [-0.1, -0.05) is 18.2 Å². The first kappa shape index (κ1) is 10.8. The van der Waals surface area contributed by atoms with E-state index in [4.69, 9.17) is 4.74 Å². The summed E-state index contributed by atoms with van der Waals surface area (Å²) in [6.45, 7) is 1.34. The number of hydrogen-bond donors (Lipinski definition) is 1. The minimum absolute atomic E-state index is 0.0287. The third-order valence-electron chi connectivity index (χ3n) is 2.33. The molecule has 0 atom stereocenters. The van der Waals surface area contributed by atoms with Gasteiger partial charge in [-0.3, -0.25) is 0 Å². The predicted octanol–water partition coefficient (Wildman–Crippen LogP) is 1.65. The normalized spacial score (nSPS) is 15.4. The first-order valence-corrected chi connectivity index (χ1v) is 5.14. The lowest BCUT2D eigenvalue weighted by atomic mass is 10.1. The predicted molar refractivity (Wildman–Crippen MR) is 57.6 cm³/mol. The summed E-state index contributed by atoms with van der Waals surface area (Å²) in [5, 5.41) is 3.05. The molecule has 0 aliphatic carbocycles. The molecule has 0 bridgehead atoms. The lowest BCUT2D eigenvalue weighted by molar-refractivity contribution is -0.130. The fourth-order valence-electron chi connectivity index (χ4n) is 1.49. The summed E-state index contributed by atoms with van der Waals surface area (Å²) < 4.78 is 18.2. The van der Waals surface area contributed by atoms with Crippen LogP contribution in [-0.2, 0) is 4.79 Å². The van der Waals surface area contributed by atoms with Crippen molar-refractivity contribution < 1.29 is 13.9 Å². The summed E-state index contributed by atoms with van der Waals surface area (Å²) >= 11 is 0. The van der Waals surface area contributed by atoms with Gasteiger partial charge in [-0.15, -0.1) is 0 Å². The second-order valence-corrected chi connectivity index (χ2v) is 3.51. The van der Waals surface area contributed by atoms with Gasteiger partial charge >= 0.3 is 5.97 Å². The standard InChI is InChI=1S/C12H12FNO2/c13-10-5-1-2-6-11(10)16-12(15)9-4-3-7-14-8-9/h1-2,4-6,14H,3,7-8H2. The van der Waals surface area contributed by atoms with E-state index in [-0.39, 0.29) is 5.75 Å². The van der Waals surface area contributed by atoms with Crippen molar-refractivity contribution in [2.24, 2.45) is 0 Å². The van der Waals surface area contributed by atoms with Crippen molar-refractivity contribution in [3.05, 3.63) is 41.7 Å². The second kappa shape index (κ2) is 4.90. The Kier molecular flexibility index (Phi) is 3.31. The fraction of sp³-hybridized carbons (Fsp3) is 0.250. The van der Waals surface area contributed by atoms with Crippen molar-refractivity contribution in [1.29, 1.82) is 0 Å². The van der Waals surface area contributed by atoms with Gasteiger partial charge in [0.05, 0.1) is 0 Å². The summed E-state index contributed by atoms with van der Waals surface area (Å²) in [4.78, 5) is 11.6. The maximum absolute atomic E-state index is 13.2. The Hall–Kier alpha value is -1.68. The van der Waals surface area contributed by atoms with Crippen LogP contribution < -0.4 is 10.1 Å². The molecule has 2 rings (SSSR count). The topological polar surface area (TPSA) is 38.3 Å². The molecule has 0 saturated carbocycles. The summed E-state index contributed by atoms with van der Waals surface area (Å²) in [6.07, 6.45) is 2.61. The van der Waals surface area contributed by atoms with Gasteiger partial charge in [-0.2, -0.15) is 0 Å². The molecule has 4 heteroatoms. The highest BCUT2D eigenvalue weighted by atomic mass is 19.1. The highest BCUT2D eigenvalue weighted by molar-refractivity contribution is 5.90. The third-order valence-corrected chi connectivity index (χ3v) is 2.33. The molecule has 0 unspecified atom stereocenters. The number of halogens is 1. The molecule has 1 aliphatic heterocycles. The minimum Gasteiger partial charge on any atom is -0.420 e. The van der Waals surface area contributed by atoms with Gasteiger partial charge in [-0.05, 0) is 25.1 Å². The largest absolute Gasteiger partial charge is 0.420 e. The molecule has 0 aromatic heterocycles. The first-order valence-electron chi connectivity index (χ1n) is 5.14. The van der Waals surface area contributed by atoms with Crippen LogP contribution in [0.2, 0.25) is 0 Å². The molecule has 3 nitrogen and oxygen atoms in total. The summed E-state index contributed by atoms with van der Waals surface area (Å²) in [7, 11) is 0. The number of carbonyl (C=O) groups excluding carboxylic acids is 1. The molecule has 0 fully saturated rings. The zero-order valence-corrected chi connectivity index (χ0v) is 8.70. The van der Waals surface area contributed by atoms with E-state index in [0.717, 1.165) is 13.0 Å². The van der Waals surface area contributed by atoms with E-state index in [1.165, 1.54) is 12.1 Å². The summed E-state index contributed by atoms with van der Waals surface area (Å²) in [6, 6.07) is 5.87. The van der Waals surface area contributed by atoms with Crippen LogP contribution in [0, 0.1) is 5.82 Å². The smallest absolute Gasteiger partial charge is 0.340 e. The molecule has 84 valence electrons. The molecule has 0 saturated heterocycles. The van der Waals surface area contributed by atoms with Gasteiger partial charge < -0.3 is 10.1 Å². The van der Waals surface area contributed by atoms with Crippen LogP contribution in [0.3, 0.4) is 0 Å². The number of benzene rings is 1. The second-order valence-electron chi connectivity index (χ2n) is 3.51. The van der Waals surface area contributed by atoms with Crippen molar-refractivity contribution in [3.8, 4) is 5.75 Å². The van der Waals surface area contributed by atoms with Crippen LogP contribution in [0.4, 0.5) is 4.39 Å². The Bertz CT molecular complexity index is 429. The van der Waals surface area contributed by atoms with Gasteiger partial charge in [0.15, 0.2) is 11.6 Å². The fourth-order valence-corrected chi connectivity index (χ4v) is 1.49. The van der Waals surface area contributed by atoms with Crippen LogP contribution in [0.1, 0.15) is 6.42 Å². The summed E-state index contributed by atoms with van der Waals surface area (Å²) in [5.41, 5.74) is 0.550. The zero-order valence-electron chi connectivity index (χ0n) is 8.70.